The van der Waals surface area contributed by atoms with Crippen molar-refractivity contribution in [2.24, 2.45) is 10.6 Å². The van der Waals surface area contributed by atoms with Gasteiger partial charge in [-0.3, -0.25) is 0 Å². The van der Waals surface area contributed by atoms with E-state index in [1.54, 1.807) is 12.4 Å². The molecule has 5 heteroatoms. The molecule has 146 valence electrons. The Labute approximate surface area is 170 Å². The molecule has 0 bridgehead atoms. The van der Waals surface area contributed by atoms with Crippen molar-refractivity contribution < 1.29 is 5.21 Å². The van der Waals surface area contributed by atoms with Crippen LogP contribution in [0, 0.1) is 5.41 Å². The van der Waals surface area contributed by atoms with Crippen LogP contribution in [0.15, 0.2) is 72.1 Å². The van der Waals surface area contributed by atoms with Crippen molar-refractivity contribution in [1.82, 2.24) is 9.97 Å². The molecule has 1 aliphatic carbocycles. The molecule has 1 spiro atoms. The topological polar surface area (TPSA) is 61.6 Å². The number of nitrogens with zero attached hydrogens (tertiary/aromatic N) is 4. The first kappa shape index (κ1) is 17.9. The number of piperidine rings is 1. The molecule has 1 saturated heterocycles. The molecule has 3 aromatic rings. The Hall–Kier alpha value is -3.21. The van der Waals surface area contributed by atoms with Crippen LogP contribution in [-0.2, 0) is 12.8 Å². The van der Waals surface area contributed by atoms with Crippen LogP contribution in [0.5, 0.6) is 0 Å². The van der Waals surface area contributed by atoms with E-state index >= 15 is 0 Å². The van der Waals surface area contributed by atoms with E-state index in [9.17, 15) is 5.21 Å². The summed E-state index contributed by atoms with van der Waals surface area (Å²) in [7, 11) is 0. The molecule has 0 atom stereocenters. The van der Waals surface area contributed by atoms with E-state index in [1.807, 2.05) is 30.3 Å². The molecule has 2 aromatic carbocycles. The largest absolute Gasteiger partial charge is 0.410 e. The second-order valence-corrected chi connectivity index (χ2v) is 8.18. The van der Waals surface area contributed by atoms with Crippen LogP contribution in [0.4, 0.5) is 5.82 Å². The summed E-state index contributed by atoms with van der Waals surface area (Å²) >= 11 is 0. The summed E-state index contributed by atoms with van der Waals surface area (Å²) in [5.41, 5.74) is 5.30. The van der Waals surface area contributed by atoms with Crippen LogP contribution >= 0.6 is 0 Å². The highest BCUT2D eigenvalue weighted by atomic mass is 16.4. The molecule has 0 saturated carbocycles. The number of oxime groups is 1. The lowest BCUT2D eigenvalue weighted by atomic mass is 9.76. The summed E-state index contributed by atoms with van der Waals surface area (Å²) in [6.45, 7) is 2.00. The van der Waals surface area contributed by atoms with Gasteiger partial charge in [0.1, 0.15) is 17.2 Å². The molecular weight excluding hydrogens is 360 g/mol. The van der Waals surface area contributed by atoms with E-state index < -0.39 is 0 Å². The first-order valence-corrected chi connectivity index (χ1v) is 10.2. The maximum atomic E-state index is 9.45. The van der Waals surface area contributed by atoms with Crippen molar-refractivity contribution in [2.75, 3.05) is 18.0 Å². The van der Waals surface area contributed by atoms with Gasteiger partial charge in [-0.15, -0.1) is 0 Å². The molecule has 5 rings (SSSR count). The van der Waals surface area contributed by atoms with Crippen LogP contribution in [0.3, 0.4) is 0 Å². The number of hydrogen-bond donors (Lipinski definition) is 1. The summed E-state index contributed by atoms with van der Waals surface area (Å²) in [6.07, 6.45) is 8.26. The van der Waals surface area contributed by atoms with Crippen molar-refractivity contribution in [2.45, 2.75) is 25.7 Å². The SMILES string of the molecule is ON=C(c1ccccc1)c1cnc(N2CCC3(CC2)Cc2ccccc2C3)cn1. The first-order valence-electron chi connectivity index (χ1n) is 10.2. The minimum atomic E-state index is 0.414. The third-order valence-electron chi connectivity index (χ3n) is 6.43. The number of aromatic nitrogens is 2. The molecule has 5 nitrogen and oxygen atoms in total. The summed E-state index contributed by atoms with van der Waals surface area (Å²) in [6, 6.07) is 18.4. The standard InChI is InChI=1S/C24H24N4O/c29-27-23(18-6-2-1-3-7-18)21-16-26-22(17-25-21)28-12-10-24(11-13-28)14-19-8-4-5-9-20(19)15-24/h1-9,16-17,29H,10-15H2. The first-order chi connectivity index (χ1) is 14.3. The number of rotatable bonds is 3. The lowest BCUT2D eigenvalue weighted by Gasteiger charge is -2.39. The zero-order valence-corrected chi connectivity index (χ0v) is 16.3. The quantitative estimate of drug-likeness (QED) is 0.420. The average molecular weight is 384 g/mol. The number of fused-ring (bicyclic) bond motifs is 1. The Morgan fingerprint density at radius 2 is 1.52 bits per heavy atom. The molecule has 2 aliphatic rings. The Kier molecular flexibility index (Phi) is 4.51. The summed E-state index contributed by atoms with van der Waals surface area (Å²) < 4.78 is 0. The maximum absolute atomic E-state index is 9.45. The molecule has 0 radical (unpaired) electrons. The predicted molar refractivity (Wildman–Crippen MR) is 114 cm³/mol. The van der Waals surface area contributed by atoms with E-state index in [4.69, 9.17) is 0 Å². The molecule has 2 heterocycles. The lowest BCUT2D eigenvalue weighted by molar-refractivity contribution is 0.232. The van der Waals surface area contributed by atoms with Crippen molar-refractivity contribution in [1.29, 1.82) is 0 Å². The van der Waals surface area contributed by atoms with E-state index in [0.717, 1.165) is 24.5 Å². The van der Waals surface area contributed by atoms with Gasteiger partial charge in [0, 0.05) is 18.7 Å². The number of anilines is 1. The van der Waals surface area contributed by atoms with Gasteiger partial charge in [0.05, 0.1) is 12.4 Å². The van der Waals surface area contributed by atoms with Gasteiger partial charge in [-0.1, -0.05) is 59.8 Å². The van der Waals surface area contributed by atoms with Gasteiger partial charge in [-0.05, 0) is 42.2 Å². The fourth-order valence-electron chi connectivity index (χ4n) is 4.80. The second kappa shape index (κ2) is 7.32. The Morgan fingerprint density at radius 3 is 2.10 bits per heavy atom. The zero-order chi connectivity index (χ0) is 19.7. The average Bonchev–Trinajstić information content (AvgIpc) is 3.14. The Balaban J connectivity index is 1.28. The van der Waals surface area contributed by atoms with Crippen molar-refractivity contribution in [3.05, 3.63) is 89.4 Å². The van der Waals surface area contributed by atoms with Crippen LogP contribution < -0.4 is 4.90 Å². The van der Waals surface area contributed by atoms with E-state index in [0.29, 0.717) is 16.8 Å². The minimum absolute atomic E-state index is 0.414. The smallest absolute Gasteiger partial charge is 0.147 e. The van der Waals surface area contributed by atoms with Crippen LogP contribution in [-0.4, -0.2) is 34.0 Å². The number of benzene rings is 2. The van der Waals surface area contributed by atoms with Gasteiger partial charge in [-0.25, -0.2) is 9.97 Å². The summed E-state index contributed by atoms with van der Waals surface area (Å²) in [4.78, 5) is 11.5. The van der Waals surface area contributed by atoms with Crippen molar-refractivity contribution in [3.63, 3.8) is 0 Å². The molecule has 1 aromatic heterocycles. The molecule has 1 N–H and O–H groups in total. The van der Waals surface area contributed by atoms with E-state index in [-0.39, 0.29) is 0 Å². The molecule has 29 heavy (non-hydrogen) atoms. The highest BCUT2D eigenvalue weighted by molar-refractivity contribution is 6.11. The monoisotopic (exact) mass is 384 g/mol. The van der Waals surface area contributed by atoms with Gasteiger partial charge in [-0.2, -0.15) is 0 Å². The summed E-state index contributed by atoms with van der Waals surface area (Å²) in [5, 5.41) is 12.9. The Morgan fingerprint density at radius 1 is 0.862 bits per heavy atom. The van der Waals surface area contributed by atoms with Crippen LogP contribution in [0.2, 0.25) is 0 Å². The van der Waals surface area contributed by atoms with E-state index in [2.05, 4.69) is 44.3 Å². The minimum Gasteiger partial charge on any atom is -0.410 e. The fraction of sp³-hybridized carbons (Fsp3) is 0.292. The molecular formula is C24H24N4O. The molecule has 1 fully saturated rings. The van der Waals surface area contributed by atoms with Gasteiger partial charge in [0.15, 0.2) is 0 Å². The molecule has 1 aliphatic heterocycles. The van der Waals surface area contributed by atoms with Gasteiger partial charge >= 0.3 is 0 Å². The van der Waals surface area contributed by atoms with Crippen molar-refractivity contribution >= 4 is 11.5 Å². The van der Waals surface area contributed by atoms with Crippen LogP contribution in [0.25, 0.3) is 0 Å². The normalized spacial score (nSPS) is 18.1. The molecule has 0 unspecified atom stereocenters. The maximum Gasteiger partial charge on any atom is 0.147 e. The third kappa shape index (κ3) is 3.37. The zero-order valence-electron chi connectivity index (χ0n) is 16.3. The van der Waals surface area contributed by atoms with Gasteiger partial charge in [0.2, 0.25) is 0 Å². The van der Waals surface area contributed by atoms with Gasteiger partial charge < -0.3 is 10.1 Å². The fourth-order valence-corrected chi connectivity index (χ4v) is 4.80. The Bertz CT molecular complexity index is 995. The molecule has 0 amide bonds. The third-order valence-corrected chi connectivity index (χ3v) is 6.43. The second-order valence-electron chi connectivity index (χ2n) is 8.18. The van der Waals surface area contributed by atoms with E-state index in [1.165, 1.54) is 36.8 Å². The lowest BCUT2D eigenvalue weighted by Crippen LogP contribution is -2.41. The predicted octanol–water partition coefficient (Wildman–Crippen LogP) is 4.09. The number of hydrogen-bond acceptors (Lipinski definition) is 5. The highest BCUT2D eigenvalue weighted by Crippen LogP contribution is 2.44. The highest BCUT2D eigenvalue weighted by Gasteiger charge is 2.39. The van der Waals surface area contributed by atoms with Crippen molar-refractivity contribution in [3.8, 4) is 0 Å². The van der Waals surface area contributed by atoms with Crippen LogP contribution in [0.1, 0.15) is 35.2 Å². The summed E-state index contributed by atoms with van der Waals surface area (Å²) in [5.74, 6) is 0.893. The van der Waals surface area contributed by atoms with Gasteiger partial charge in [0.25, 0.3) is 0 Å².